The van der Waals surface area contributed by atoms with Gasteiger partial charge < -0.3 is 4.90 Å². The van der Waals surface area contributed by atoms with Crippen molar-refractivity contribution in [2.45, 2.75) is 62.8 Å². The molecule has 164 valence electrons. The molecule has 0 amide bonds. The van der Waals surface area contributed by atoms with E-state index in [1.807, 2.05) is 0 Å². The van der Waals surface area contributed by atoms with E-state index in [9.17, 15) is 26.3 Å². The summed E-state index contributed by atoms with van der Waals surface area (Å²) in [6.07, 6.45) is -3.09. The van der Waals surface area contributed by atoms with Crippen molar-refractivity contribution in [3.8, 4) is 11.3 Å². The first-order valence-corrected chi connectivity index (χ1v) is 11.0. The van der Waals surface area contributed by atoms with E-state index < -0.39 is 23.5 Å². The molecule has 2 aromatic rings. The highest BCUT2D eigenvalue weighted by molar-refractivity contribution is 7.10. The van der Waals surface area contributed by atoms with Gasteiger partial charge in [0.1, 0.15) is 0 Å². The van der Waals surface area contributed by atoms with Gasteiger partial charge >= 0.3 is 12.4 Å². The lowest BCUT2D eigenvalue weighted by molar-refractivity contribution is -0.143. The van der Waals surface area contributed by atoms with Gasteiger partial charge in [-0.05, 0) is 63.4 Å². The summed E-state index contributed by atoms with van der Waals surface area (Å²) in [5.41, 5.74) is -2.60. The molecule has 2 nitrogen and oxygen atoms in total. The van der Waals surface area contributed by atoms with Gasteiger partial charge in [0.15, 0.2) is 0 Å². The van der Waals surface area contributed by atoms with E-state index in [1.54, 1.807) is 5.38 Å². The summed E-state index contributed by atoms with van der Waals surface area (Å²) >= 11 is 1.32. The van der Waals surface area contributed by atoms with Gasteiger partial charge in [-0.15, -0.1) is 11.3 Å². The van der Waals surface area contributed by atoms with Crippen LogP contribution in [-0.2, 0) is 12.4 Å². The van der Waals surface area contributed by atoms with Crippen molar-refractivity contribution in [3.05, 3.63) is 39.7 Å². The quantitative estimate of drug-likeness (QED) is 0.472. The Morgan fingerprint density at radius 2 is 1.50 bits per heavy atom. The molecule has 2 heterocycles. The van der Waals surface area contributed by atoms with Crippen molar-refractivity contribution in [1.29, 1.82) is 0 Å². The number of rotatable bonds is 3. The smallest absolute Gasteiger partial charge is 0.300 e. The number of aromatic nitrogens is 1. The van der Waals surface area contributed by atoms with Gasteiger partial charge in [0.25, 0.3) is 0 Å². The number of likely N-dealkylation sites (tertiary alicyclic amines) is 1. The number of piperidine rings is 1. The van der Waals surface area contributed by atoms with E-state index in [0.29, 0.717) is 6.04 Å². The van der Waals surface area contributed by atoms with Crippen molar-refractivity contribution in [2.24, 2.45) is 0 Å². The molecule has 2 aliphatic rings. The van der Waals surface area contributed by atoms with Crippen LogP contribution in [0, 0.1) is 0 Å². The highest BCUT2D eigenvalue weighted by Gasteiger charge is 2.37. The van der Waals surface area contributed by atoms with Crippen molar-refractivity contribution < 1.29 is 26.3 Å². The molecule has 0 bridgehead atoms. The first kappa shape index (κ1) is 21.6. The van der Waals surface area contributed by atoms with E-state index in [2.05, 4.69) is 9.88 Å². The van der Waals surface area contributed by atoms with E-state index in [-0.39, 0.29) is 23.2 Å². The van der Waals surface area contributed by atoms with E-state index >= 15 is 0 Å². The van der Waals surface area contributed by atoms with Crippen LogP contribution in [0.25, 0.3) is 11.3 Å². The van der Waals surface area contributed by atoms with Crippen LogP contribution >= 0.6 is 11.3 Å². The largest absolute Gasteiger partial charge is 0.416 e. The topological polar surface area (TPSA) is 16.1 Å². The summed E-state index contributed by atoms with van der Waals surface area (Å²) in [7, 11) is 0. The van der Waals surface area contributed by atoms with Gasteiger partial charge in [-0.3, -0.25) is 0 Å². The third-order valence-electron chi connectivity index (χ3n) is 6.07. The highest BCUT2D eigenvalue weighted by atomic mass is 32.1. The van der Waals surface area contributed by atoms with Gasteiger partial charge in [0, 0.05) is 22.9 Å². The van der Waals surface area contributed by atoms with E-state index in [4.69, 9.17) is 0 Å². The van der Waals surface area contributed by atoms with Gasteiger partial charge in [0.2, 0.25) is 0 Å². The van der Waals surface area contributed by atoms with Crippen LogP contribution in [0.4, 0.5) is 26.3 Å². The number of hydrogen-bond acceptors (Lipinski definition) is 3. The second-order valence-corrected chi connectivity index (χ2v) is 9.02. The molecule has 4 rings (SSSR count). The Kier molecular flexibility index (Phi) is 5.87. The maximum Gasteiger partial charge on any atom is 0.416 e. The first-order valence-electron chi connectivity index (χ1n) is 10.1. The molecule has 1 aliphatic heterocycles. The Morgan fingerprint density at radius 3 is 2.10 bits per heavy atom. The predicted octanol–water partition coefficient (Wildman–Crippen LogP) is 6.97. The number of benzene rings is 1. The molecule has 1 aromatic carbocycles. The zero-order valence-electron chi connectivity index (χ0n) is 16.2. The average molecular weight is 448 g/mol. The van der Waals surface area contributed by atoms with Crippen LogP contribution in [0.1, 0.15) is 60.6 Å². The molecule has 2 atom stereocenters. The standard InChI is InChI=1S/C21H22F6N2S/c22-20(23,24)15-8-14(9-16(11-15)21(25,26)27)18-12-30-19(28-18)13-4-5-17(10-13)29-6-2-1-3-7-29/h8-9,11-13,17H,1-7,10H2. The molecule has 1 saturated heterocycles. The lowest BCUT2D eigenvalue weighted by Gasteiger charge is -2.32. The molecule has 1 aromatic heterocycles. The maximum absolute atomic E-state index is 13.1. The summed E-state index contributed by atoms with van der Waals surface area (Å²) in [6, 6.07) is 2.14. The normalized spacial score (nSPS) is 23.8. The molecule has 2 unspecified atom stereocenters. The predicted molar refractivity (Wildman–Crippen MR) is 103 cm³/mol. The molecule has 30 heavy (non-hydrogen) atoms. The summed E-state index contributed by atoms with van der Waals surface area (Å²) in [4.78, 5) is 6.97. The second-order valence-electron chi connectivity index (χ2n) is 8.13. The van der Waals surface area contributed by atoms with Crippen molar-refractivity contribution in [1.82, 2.24) is 9.88 Å². The molecular formula is C21H22F6N2S. The average Bonchev–Trinajstić information content (AvgIpc) is 3.37. The third kappa shape index (κ3) is 4.66. The van der Waals surface area contributed by atoms with Crippen LogP contribution in [-0.4, -0.2) is 29.0 Å². The summed E-state index contributed by atoms with van der Waals surface area (Å²) in [6.45, 7) is 2.20. The van der Waals surface area contributed by atoms with Gasteiger partial charge in [-0.25, -0.2) is 4.98 Å². The minimum Gasteiger partial charge on any atom is -0.300 e. The van der Waals surface area contributed by atoms with E-state index in [0.717, 1.165) is 49.5 Å². The van der Waals surface area contributed by atoms with Crippen LogP contribution in [0.5, 0.6) is 0 Å². The van der Waals surface area contributed by atoms with Crippen molar-refractivity contribution >= 4 is 11.3 Å². The zero-order valence-corrected chi connectivity index (χ0v) is 17.0. The van der Waals surface area contributed by atoms with Gasteiger partial charge in [-0.1, -0.05) is 6.42 Å². The summed E-state index contributed by atoms with van der Waals surface area (Å²) < 4.78 is 78.8. The number of alkyl halides is 6. The second kappa shape index (κ2) is 8.15. The fraction of sp³-hybridized carbons (Fsp3) is 0.571. The van der Waals surface area contributed by atoms with Crippen LogP contribution < -0.4 is 0 Å². The molecule has 1 saturated carbocycles. The SMILES string of the molecule is FC(F)(F)c1cc(-c2csc(C3CCC(N4CCCCC4)C3)n2)cc(C(F)(F)F)c1. The number of thiazole rings is 1. The zero-order chi connectivity index (χ0) is 21.5. The monoisotopic (exact) mass is 448 g/mol. The van der Waals surface area contributed by atoms with Crippen LogP contribution in [0.15, 0.2) is 23.6 Å². The fourth-order valence-corrected chi connectivity index (χ4v) is 5.49. The Labute approximate surface area is 174 Å². The van der Waals surface area contributed by atoms with Crippen LogP contribution in [0.2, 0.25) is 0 Å². The van der Waals surface area contributed by atoms with Gasteiger partial charge in [-0.2, -0.15) is 26.3 Å². The Balaban J connectivity index is 1.56. The summed E-state index contributed by atoms with van der Waals surface area (Å²) in [5, 5.41) is 2.37. The molecule has 0 radical (unpaired) electrons. The van der Waals surface area contributed by atoms with Crippen molar-refractivity contribution in [3.63, 3.8) is 0 Å². The van der Waals surface area contributed by atoms with Crippen molar-refractivity contribution in [2.75, 3.05) is 13.1 Å². The van der Waals surface area contributed by atoms with Crippen LogP contribution in [0.3, 0.4) is 0 Å². The minimum absolute atomic E-state index is 0.148. The number of halogens is 6. The third-order valence-corrected chi connectivity index (χ3v) is 7.07. The Hall–Kier alpha value is -1.61. The highest BCUT2D eigenvalue weighted by Crippen LogP contribution is 2.42. The molecule has 9 heteroatoms. The molecule has 0 N–H and O–H groups in total. The maximum atomic E-state index is 13.1. The molecule has 1 aliphatic carbocycles. The number of hydrogen-bond donors (Lipinski definition) is 0. The minimum atomic E-state index is -4.86. The first-order chi connectivity index (χ1) is 14.1. The van der Waals surface area contributed by atoms with Gasteiger partial charge in [0.05, 0.1) is 21.8 Å². The molecular weight excluding hydrogens is 426 g/mol. The summed E-state index contributed by atoms with van der Waals surface area (Å²) in [5.74, 6) is 0.212. The molecule has 0 spiro atoms. The lowest BCUT2D eigenvalue weighted by atomic mass is 10.0. The Bertz CT molecular complexity index is 850. The molecule has 2 fully saturated rings. The Morgan fingerprint density at radius 1 is 0.867 bits per heavy atom. The number of nitrogens with zero attached hydrogens (tertiary/aromatic N) is 2. The fourth-order valence-electron chi connectivity index (χ4n) is 4.51. The lowest BCUT2D eigenvalue weighted by Crippen LogP contribution is -2.37. The van der Waals surface area contributed by atoms with E-state index in [1.165, 1.54) is 30.6 Å².